The molecule has 0 spiro atoms. The first kappa shape index (κ1) is 23.1. The number of anilines is 1. The van der Waals surface area contributed by atoms with Crippen LogP contribution in [0.2, 0.25) is 0 Å². The Morgan fingerprint density at radius 1 is 1.15 bits per heavy atom. The number of rotatable bonds is 7. The van der Waals surface area contributed by atoms with Crippen molar-refractivity contribution in [3.05, 3.63) is 59.7 Å². The van der Waals surface area contributed by atoms with E-state index in [0.717, 1.165) is 29.5 Å². The van der Waals surface area contributed by atoms with Crippen molar-refractivity contribution in [2.24, 2.45) is 0 Å². The van der Waals surface area contributed by atoms with Crippen molar-refractivity contribution in [2.75, 3.05) is 40.2 Å². The first-order valence-electron chi connectivity index (χ1n) is 10.8. The maximum atomic E-state index is 10.9. The number of nitrogens with two attached hydrogens (primary N) is 1. The highest BCUT2D eigenvalue weighted by molar-refractivity contribution is 5.76. The van der Waals surface area contributed by atoms with Crippen LogP contribution in [0.1, 0.15) is 29.2 Å². The van der Waals surface area contributed by atoms with Crippen LogP contribution in [0.3, 0.4) is 0 Å². The van der Waals surface area contributed by atoms with E-state index in [9.17, 15) is 4.79 Å². The van der Waals surface area contributed by atoms with E-state index in [1.807, 2.05) is 28.9 Å². The normalized spacial score (nSPS) is 17.7. The minimum Gasteiger partial charge on any atom is -0.497 e. The molecule has 1 aliphatic rings. The zero-order valence-corrected chi connectivity index (χ0v) is 19.4. The van der Waals surface area contributed by atoms with E-state index in [4.69, 9.17) is 19.9 Å². The zero-order valence-electron chi connectivity index (χ0n) is 19.4. The number of allylic oxidation sites excluding steroid dienone is 1. The Morgan fingerprint density at radius 2 is 1.91 bits per heavy atom. The second-order valence-electron chi connectivity index (χ2n) is 7.96. The molecule has 3 heterocycles. The number of carbonyl (C=O) groups excluding carboxylic acids is 1. The van der Waals surface area contributed by atoms with Gasteiger partial charge in [-0.25, -0.2) is 9.50 Å². The van der Waals surface area contributed by atoms with Gasteiger partial charge in [-0.3, -0.25) is 4.79 Å². The lowest BCUT2D eigenvalue weighted by molar-refractivity contribution is -0.104. The van der Waals surface area contributed by atoms with Crippen molar-refractivity contribution in [2.45, 2.75) is 18.4 Å². The standard InChI is InChI=1S/C25H27N5O4/c1-32-15-20-11-19(14-29(20)7-4-8-31)23-12-18(24-25(26)27-16-28-30(23)24)6-5-17-9-21(33-2)13-22(10-17)34-3/h4,7-10,12-13,16,19-20H,11,14-15H2,1-3H3,(H2,26,27,28)/t19-,20+/m0/s1. The Balaban J connectivity index is 1.74. The average molecular weight is 462 g/mol. The summed E-state index contributed by atoms with van der Waals surface area (Å²) < 4.78 is 17.9. The molecule has 9 heteroatoms. The number of ether oxygens (including phenoxy) is 3. The second-order valence-corrected chi connectivity index (χ2v) is 7.96. The fourth-order valence-corrected chi connectivity index (χ4v) is 4.34. The van der Waals surface area contributed by atoms with Crippen LogP contribution in [0.5, 0.6) is 11.5 Å². The molecule has 176 valence electrons. The van der Waals surface area contributed by atoms with E-state index in [0.29, 0.717) is 36.0 Å². The van der Waals surface area contributed by atoms with E-state index in [1.54, 1.807) is 27.4 Å². The highest BCUT2D eigenvalue weighted by Gasteiger charge is 2.33. The second kappa shape index (κ2) is 10.3. The van der Waals surface area contributed by atoms with Crippen LogP contribution in [-0.2, 0) is 9.53 Å². The summed E-state index contributed by atoms with van der Waals surface area (Å²) >= 11 is 0. The first-order valence-corrected chi connectivity index (χ1v) is 10.8. The Morgan fingerprint density at radius 3 is 2.59 bits per heavy atom. The van der Waals surface area contributed by atoms with Gasteiger partial charge in [-0.1, -0.05) is 11.8 Å². The molecule has 0 amide bonds. The molecule has 0 bridgehead atoms. The third kappa shape index (κ3) is 4.67. The Bertz CT molecular complexity index is 1250. The summed E-state index contributed by atoms with van der Waals surface area (Å²) in [6, 6.07) is 7.65. The summed E-state index contributed by atoms with van der Waals surface area (Å²) in [6.45, 7) is 1.28. The van der Waals surface area contributed by atoms with Gasteiger partial charge in [0.05, 0.1) is 32.4 Å². The zero-order chi connectivity index (χ0) is 24.1. The number of benzene rings is 1. The van der Waals surface area contributed by atoms with Crippen molar-refractivity contribution in [3.63, 3.8) is 0 Å². The van der Waals surface area contributed by atoms with Gasteiger partial charge in [-0.15, -0.1) is 0 Å². The minimum absolute atomic E-state index is 0.144. The number of aromatic nitrogens is 3. The molecule has 2 atom stereocenters. The number of nitrogen functional groups attached to an aromatic ring is 1. The summed E-state index contributed by atoms with van der Waals surface area (Å²) in [5.74, 6) is 8.24. The number of likely N-dealkylation sites (tertiary alicyclic amines) is 1. The number of carbonyl (C=O) groups is 1. The number of hydrogen-bond donors (Lipinski definition) is 1. The molecular weight excluding hydrogens is 434 g/mol. The first-order chi connectivity index (χ1) is 16.6. The molecule has 0 saturated carbocycles. The Hall–Kier alpha value is -4.03. The van der Waals surface area contributed by atoms with Crippen LogP contribution in [-0.4, -0.2) is 66.3 Å². The molecular formula is C25H27N5O4. The number of aldehydes is 1. The van der Waals surface area contributed by atoms with Gasteiger partial charge < -0.3 is 24.8 Å². The predicted octanol–water partition coefficient (Wildman–Crippen LogP) is 2.25. The van der Waals surface area contributed by atoms with Gasteiger partial charge in [0.1, 0.15) is 29.6 Å². The predicted molar refractivity (Wildman–Crippen MR) is 128 cm³/mol. The summed E-state index contributed by atoms with van der Waals surface area (Å²) in [5.41, 5.74) is 9.38. The largest absolute Gasteiger partial charge is 0.497 e. The monoisotopic (exact) mass is 461 g/mol. The quantitative estimate of drug-likeness (QED) is 0.325. The highest BCUT2D eigenvalue weighted by atomic mass is 16.5. The summed E-state index contributed by atoms with van der Waals surface area (Å²) in [4.78, 5) is 17.2. The number of fused-ring (bicyclic) bond motifs is 1. The summed E-state index contributed by atoms with van der Waals surface area (Å²) in [7, 11) is 4.88. The molecule has 1 aliphatic heterocycles. The van der Waals surface area contributed by atoms with Crippen LogP contribution >= 0.6 is 0 Å². The topological polar surface area (TPSA) is 104 Å². The maximum Gasteiger partial charge on any atom is 0.152 e. The van der Waals surface area contributed by atoms with E-state index in [2.05, 4.69) is 26.8 Å². The van der Waals surface area contributed by atoms with E-state index in [1.165, 1.54) is 12.4 Å². The molecule has 9 nitrogen and oxygen atoms in total. The van der Waals surface area contributed by atoms with Gasteiger partial charge in [-0.2, -0.15) is 5.10 Å². The molecule has 2 aromatic heterocycles. The number of nitrogens with zero attached hydrogens (tertiary/aromatic N) is 4. The van der Waals surface area contributed by atoms with Crippen molar-refractivity contribution in [3.8, 4) is 23.3 Å². The third-order valence-corrected chi connectivity index (χ3v) is 5.89. The Labute approximate surface area is 198 Å². The molecule has 0 unspecified atom stereocenters. The van der Waals surface area contributed by atoms with Gasteiger partial charge in [0, 0.05) is 43.1 Å². The van der Waals surface area contributed by atoms with E-state index in [-0.39, 0.29) is 12.0 Å². The molecule has 3 aromatic rings. The van der Waals surface area contributed by atoms with E-state index >= 15 is 0 Å². The number of methoxy groups -OCH3 is 3. The van der Waals surface area contributed by atoms with Crippen LogP contribution < -0.4 is 15.2 Å². The fourth-order valence-electron chi connectivity index (χ4n) is 4.34. The van der Waals surface area contributed by atoms with Gasteiger partial charge in [0.15, 0.2) is 5.82 Å². The van der Waals surface area contributed by atoms with Gasteiger partial charge in [0.25, 0.3) is 0 Å². The molecule has 0 aliphatic carbocycles. The van der Waals surface area contributed by atoms with Crippen molar-refractivity contribution >= 4 is 17.6 Å². The number of hydrogen-bond acceptors (Lipinski definition) is 8. The molecule has 0 radical (unpaired) electrons. The average Bonchev–Trinajstić information content (AvgIpc) is 3.43. The van der Waals surface area contributed by atoms with Gasteiger partial charge in [-0.05, 0) is 30.7 Å². The van der Waals surface area contributed by atoms with Crippen molar-refractivity contribution in [1.82, 2.24) is 19.5 Å². The minimum atomic E-state index is 0.144. The fraction of sp³-hybridized carbons (Fsp3) is 0.320. The third-order valence-electron chi connectivity index (χ3n) is 5.89. The summed E-state index contributed by atoms with van der Waals surface area (Å²) in [5, 5.41) is 4.47. The SMILES string of the molecule is COC[C@H]1C[C@H](c2cc(C#Cc3cc(OC)cc(OC)c3)c3c(N)ncnn23)CN1C=CC=O. The molecule has 1 fully saturated rings. The molecule has 34 heavy (non-hydrogen) atoms. The van der Waals surface area contributed by atoms with Crippen LogP contribution in [0.25, 0.3) is 5.52 Å². The summed E-state index contributed by atoms with van der Waals surface area (Å²) in [6.07, 6.45) is 6.38. The van der Waals surface area contributed by atoms with Crippen LogP contribution in [0, 0.1) is 11.8 Å². The van der Waals surface area contributed by atoms with Gasteiger partial charge in [0.2, 0.25) is 0 Å². The van der Waals surface area contributed by atoms with Crippen LogP contribution in [0.4, 0.5) is 5.82 Å². The maximum absolute atomic E-state index is 10.9. The van der Waals surface area contributed by atoms with Crippen molar-refractivity contribution < 1.29 is 19.0 Å². The van der Waals surface area contributed by atoms with Crippen molar-refractivity contribution in [1.29, 1.82) is 0 Å². The molecule has 2 N–H and O–H groups in total. The van der Waals surface area contributed by atoms with E-state index < -0.39 is 0 Å². The van der Waals surface area contributed by atoms with Gasteiger partial charge >= 0.3 is 0 Å². The smallest absolute Gasteiger partial charge is 0.152 e. The lowest BCUT2D eigenvalue weighted by Gasteiger charge is -2.21. The lowest BCUT2D eigenvalue weighted by atomic mass is 10.0. The van der Waals surface area contributed by atoms with Crippen LogP contribution in [0.15, 0.2) is 42.9 Å². The lowest BCUT2D eigenvalue weighted by Crippen LogP contribution is -2.28. The Kier molecular flexibility index (Phi) is 6.99. The molecule has 1 saturated heterocycles. The molecule has 1 aromatic carbocycles. The highest BCUT2D eigenvalue weighted by Crippen LogP contribution is 2.35. The molecule has 4 rings (SSSR count).